The second-order valence-electron chi connectivity index (χ2n) is 11.0. The van der Waals surface area contributed by atoms with E-state index in [4.69, 9.17) is 9.72 Å². The Morgan fingerprint density at radius 2 is 1.80 bits per heavy atom. The van der Waals surface area contributed by atoms with Gasteiger partial charge in [0.05, 0.1) is 17.1 Å². The molecule has 0 saturated carbocycles. The average molecular weight is 471 g/mol. The third kappa shape index (κ3) is 4.82. The number of nitrogens with one attached hydrogen (secondary N) is 1. The first-order chi connectivity index (χ1) is 16.8. The van der Waals surface area contributed by atoms with Crippen LogP contribution in [0.15, 0.2) is 48.5 Å². The van der Waals surface area contributed by atoms with E-state index >= 15 is 0 Å². The molecule has 1 N–H and O–H groups in total. The summed E-state index contributed by atoms with van der Waals surface area (Å²) in [6, 6.07) is 15.9. The maximum absolute atomic E-state index is 13.5. The summed E-state index contributed by atoms with van der Waals surface area (Å²) in [7, 11) is 0. The fourth-order valence-corrected chi connectivity index (χ4v) is 5.70. The second-order valence-corrected chi connectivity index (χ2v) is 11.0. The summed E-state index contributed by atoms with van der Waals surface area (Å²) in [6.45, 7) is 6.47. The van der Waals surface area contributed by atoms with Crippen LogP contribution in [0.5, 0.6) is 0 Å². The molecular formula is C30H34N2O3. The number of rotatable bonds is 4. The highest BCUT2D eigenvalue weighted by molar-refractivity contribution is 6.05. The van der Waals surface area contributed by atoms with E-state index in [9.17, 15) is 9.59 Å². The normalized spacial score (nSPS) is 19.5. The number of nitrogens with zero attached hydrogens (tertiary/aromatic N) is 1. The largest absolute Gasteiger partial charge is 0.452 e. The fourth-order valence-electron chi connectivity index (χ4n) is 5.70. The highest BCUT2D eigenvalue weighted by Crippen LogP contribution is 2.39. The van der Waals surface area contributed by atoms with Gasteiger partial charge in [-0.05, 0) is 72.6 Å². The third-order valence-electron chi connectivity index (χ3n) is 7.73. The van der Waals surface area contributed by atoms with Crippen molar-refractivity contribution < 1.29 is 14.3 Å². The third-order valence-corrected chi connectivity index (χ3v) is 7.73. The molecule has 0 spiro atoms. The highest BCUT2D eigenvalue weighted by atomic mass is 16.5. The predicted molar refractivity (Wildman–Crippen MR) is 137 cm³/mol. The van der Waals surface area contributed by atoms with Crippen molar-refractivity contribution in [1.82, 2.24) is 10.3 Å². The summed E-state index contributed by atoms with van der Waals surface area (Å²) in [5.41, 5.74) is 5.94. The van der Waals surface area contributed by atoms with Crippen LogP contribution in [0, 0.1) is 11.3 Å². The molecular weight excluding hydrogens is 436 g/mol. The van der Waals surface area contributed by atoms with E-state index in [0.29, 0.717) is 11.5 Å². The first kappa shape index (κ1) is 23.5. The Hall–Kier alpha value is -3.21. The Morgan fingerprint density at radius 3 is 2.63 bits per heavy atom. The van der Waals surface area contributed by atoms with Crippen LogP contribution >= 0.6 is 0 Å². The minimum atomic E-state index is -0.436. The van der Waals surface area contributed by atoms with Gasteiger partial charge < -0.3 is 10.1 Å². The molecule has 0 bridgehead atoms. The number of hydrogen-bond acceptors (Lipinski definition) is 4. The second kappa shape index (κ2) is 9.44. The van der Waals surface area contributed by atoms with Crippen LogP contribution in [-0.4, -0.2) is 23.5 Å². The van der Waals surface area contributed by atoms with Crippen molar-refractivity contribution in [2.45, 2.75) is 65.3 Å². The number of esters is 1. The van der Waals surface area contributed by atoms with Gasteiger partial charge in [-0.25, -0.2) is 4.79 Å². The van der Waals surface area contributed by atoms with Crippen LogP contribution in [0.25, 0.3) is 10.9 Å². The van der Waals surface area contributed by atoms with E-state index in [-0.39, 0.29) is 24.0 Å². The maximum atomic E-state index is 13.5. The molecule has 1 aromatic heterocycles. The summed E-state index contributed by atoms with van der Waals surface area (Å²) < 4.78 is 5.64. The highest BCUT2D eigenvalue weighted by Gasteiger charge is 2.33. The quantitative estimate of drug-likeness (QED) is 0.494. The van der Waals surface area contributed by atoms with Gasteiger partial charge in [-0.2, -0.15) is 0 Å². The molecule has 2 aromatic carbocycles. The SMILES string of the molecule is CC(C)(C)C1CCc2nc3ccccc3c(C(=O)OCC(=O)NC3CCCc4ccccc43)c2C1. The number of para-hydroxylation sites is 1. The minimum absolute atomic E-state index is 0.0341. The number of hydrogen-bond donors (Lipinski definition) is 1. The molecule has 2 aliphatic carbocycles. The Kier molecular flexibility index (Phi) is 6.35. The van der Waals surface area contributed by atoms with Crippen LogP contribution in [0.1, 0.15) is 78.8 Å². The monoisotopic (exact) mass is 470 g/mol. The standard InChI is InChI=1S/C30H34N2O3/c1-30(2,3)20-15-16-26-23(17-20)28(22-12-6-7-13-25(22)31-26)29(34)35-18-27(33)32-24-14-8-10-19-9-4-5-11-21(19)24/h4-7,9,11-13,20,24H,8,10,14-18H2,1-3H3,(H,32,33). The number of amides is 1. The predicted octanol–water partition coefficient (Wildman–Crippen LogP) is 5.74. The zero-order valence-electron chi connectivity index (χ0n) is 20.9. The van der Waals surface area contributed by atoms with Crippen molar-refractivity contribution in [3.8, 4) is 0 Å². The Morgan fingerprint density at radius 1 is 1.03 bits per heavy atom. The molecule has 2 aliphatic rings. The number of aromatic nitrogens is 1. The molecule has 2 atom stereocenters. The summed E-state index contributed by atoms with van der Waals surface area (Å²) in [5, 5.41) is 3.88. The van der Waals surface area contributed by atoms with E-state index in [1.54, 1.807) is 0 Å². The van der Waals surface area contributed by atoms with Gasteiger partial charge in [-0.3, -0.25) is 9.78 Å². The first-order valence-corrected chi connectivity index (χ1v) is 12.8. The van der Waals surface area contributed by atoms with Gasteiger partial charge in [-0.15, -0.1) is 0 Å². The van der Waals surface area contributed by atoms with Gasteiger partial charge >= 0.3 is 5.97 Å². The average Bonchev–Trinajstić information content (AvgIpc) is 2.85. The fraction of sp³-hybridized carbons (Fsp3) is 0.433. The van der Waals surface area contributed by atoms with E-state index < -0.39 is 5.97 Å². The Bertz CT molecular complexity index is 1270. The topological polar surface area (TPSA) is 68.3 Å². The molecule has 5 nitrogen and oxygen atoms in total. The minimum Gasteiger partial charge on any atom is -0.452 e. The number of pyridine rings is 1. The molecule has 182 valence electrons. The van der Waals surface area contributed by atoms with Crippen molar-refractivity contribution in [2.75, 3.05) is 6.61 Å². The number of aryl methyl sites for hydroxylation is 2. The first-order valence-electron chi connectivity index (χ1n) is 12.8. The molecule has 1 amide bonds. The number of carbonyl (C=O) groups excluding carboxylic acids is 2. The molecule has 1 heterocycles. The number of fused-ring (bicyclic) bond motifs is 3. The maximum Gasteiger partial charge on any atom is 0.339 e. The number of ether oxygens (including phenoxy) is 1. The van der Waals surface area contributed by atoms with Gasteiger partial charge in [0.15, 0.2) is 6.61 Å². The molecule has 5 heteroatoms. The lowest BCUT2D eigenvalue weighted by molar-refractivity contribution is -0.125. The smallest absolute Gasteiger partial charge is 0.339 e. The Balaban J connectivity index is 1.36. The van der Waals surface area contributed by atoms with Crippen LogP contribution < -0.4 is 5.32 Å². The molecule has 0 fully saturated rings. The van der Waals surface area contributed by atoms with Crippen molar-refractivity contribution in [3.05, 3.63) is 76.5 Å². The van der Waals surface area contributed by atoms with E-state index in [2.05, 4.69) is 38.2 Å². The van der Waals surface area contributed by atoms with Crippen LogP contribution in [0.4, 0.5) is 0 Å². The molecule has 5 rings (SSSR count). The van der Waals surface area contributed by atoms with Gasteiger partial charge in [0.2, 0.25) is 0 Å². The lowest BCUT2D eigenvalue weighted by Gasteiger charge is -2.35. The summed E-state index contributed by atoms with van der Waals surface area (Å²) >= 11 is 0. The summed E-state index contributed by atoms with van der Waals surface area (Å²) in [6.07, 6.45) is 5.67. The number of carbonyl (C=O) groups is 2. The molecule has 2 unspecified atom stereocenters. The molecule has 0 saturated heterocycles. The molecule has 0 aliphatic heterocycles. The molecule has 35 heavy (non-hydrogen) atoms. The molecule has 3 aromatic rings. The lowest BCUT2D eigenvalue weighted by Crippen LogP contribution is -2.34. The van der Waals surface area contributed by atoms with Crippen LogP contribution in [0.2, 0.25) is 0 Å². The van der Waals surface area contributed by atoms with Gasteiger partial charge in [0.1, 0.15) is 0 Å². The van der Waals surface area contributed by atoms with E-state index in [1.165, 1.54) is 11.1 Å². The van der Waals surface area contributed by atoms with Crippen molar-refractivity contribution in [1.29, 1.82) is 0 Å². The lowest BCUT2D eigenvalue weighted by atomic mass is 9.70. The summed E-state index contributed by atoms with van der Waals surface area (Å²) in [5.74, 6) is -0.243. The number of benzene rings is 2. The molecule has 0 radical (unpaired) electrons. The van der Waals surface area contributed by atoms with Crippen molar-refractivity contribution in [2.24, 2.45) is 11.3 Å². The van der Waals surface area contributed by atoms with Crippen molar-refractivity contribution in [3.63, 3.8) is 0 Å². The van der Waals surface area contributed by atoms with Gasteiger partial charge in [-0.1, -0.05) is 63.2 Å². The Labute approximate surface area is 207 Å². The zero-order chi connectivity index (χ0) is 24.6. The van der Waals surface area contributed by atoms with Gasteiger partial charge in [0.25, 0.3) is 5.91 Å². The van der Waals surface area contributed by atoms with Crippen LogP contribution in [0.3, 0.4) is 0 Å². The van der Waals surface area contributed by atoms with Gasteiger partial charge in [0, 0.05) is 11.1 Å². The van der Waals surface area contributed by atoms with Crippen molar-refractivity contribution >= 4 is 22.8 Å². The summed E-state index contributed by atoms with van der Waals surface area (Å²) in [4.78, 5) is 31.1. The van der Waals surface area contributed by atoms with E-state index in [1.807, 2.05) is 36.4 Å². The van der Waals surface area contributed by atoms with Crippen LogP contribution in [-0.2, 0) is 28.8 Å². The zero-order valence-corrected chi connectivity index (χ0v) is 20.9. The van der Waals surface area contributed by atoms with E-state index in [0.717, 1.165) is 60.7 Å².